The van der Waals surface area contributed by atoms with E-state index >= 15 is 0 Å². The second kappa shape index (κ2) is 5.28. The molecule has 0 atom stereocenters. The second-order valence-electron chi connectivity index (χ2n) is 4.82. The third kappa shape index (κ3) is 2.72. The van der Waals surface area contributed by atoms with Crippen LogP contribution in [0.5, 0.6) is 11.5 Å². The second-order valence-corrected chi connectivity index (χ2v) is 4.82. The lowest BCUT2D eigenvalue weighted by atomic mass is 10.2. The Morgan fingerprint density at radius 1 is 1.05 bits per heavy atom. The number of ether oxygens (including phenoxy) is 1. The van der Waals surface area contributed by atoms with Crippen molar-refractivity contribution in [1.29, 1.82) is 0 Å². The zero-order valence-corrected chi connectivity index (χ0v) is 11.8. The van der Waals surface area contributed by atoms with Gasteiger partial charge >= 0.3 is 5.69 Å². The number of aryl methyl sites for hydroxylation is 2. The lowest BCUT2D eigenvalue weighted by molar-refractivity contribution is 0.482. The first kappa shape index (κ1) is 13.2. The molecule has 3 aromatic rings. The number of H-pyrrole nitrogens is 1. The quantitative estimate of drug-likeness (QED) is 0.803. The van der Waals surface area contributed by atoms with Crippen LogP contribution in [-0.2, 0) is 0 Å². The fourth-order valence-electron chi connectivity index (χ4n) is 2.16. The lowest BCUT2D eigenvalue weighted by Gasteiger charge is -2.08. The molecule has 0 fully saturated rings. The van der Waals surface area contributed by atoms with Gasteiger partial charge in [-0.25, -0.2) is 14.5 Å². The molecule has 0 aliphatic rings. The van der Waals surface area contributed by atoms with Crippen molar-refractivity contribution in [1.82, 2.24) is 14.8 Å². The van der Waals surface area contributed by atoms with Crippen molar-refractivity contribution in [2.75, 3.05) is 0 Å². The topological polar surface area (TPSA) is 59.9 Å². The minimum absolute atomic E-state index is 0.250. The van der Waals surface area contributed by atoms with Crippen LogP contribution in [-0.4, -0.2) is 14.8 Å². The third-order valence-electron chi connectivity index (χ3n) is 3.16. The molecule has 2 aromatic carbocycles. The molecule has 0 saturated carbocycles. The van der Waals surface area contributed by atoms with E-state index in [4.69, 9.17) is 4.74 Å². The van der Waals surface area contributed by atoms with Gasteiger partial charge < -0.3 is 4.74 Å². The van der Waals surface area contributed by atoms with Crippen LogP contribution < -0.4 is 10.4 Å². The van der Waals surface area contributed by atoms with E-state index in [1.54, 1.807) is 6.92 Å². The summed E-state index contributed by atoms with van der Waals surface area (Å²) in [6.07, 6.45) is 0. The molecule has 0 saturated heterocycles. The number of aromatic amines is 1. The summed E-state index contributed by atoms with van der Waals surface area (Å²) >= 11 is 0. The first-order chi connectivity index (χ1) is 10.1. The Morgan fingerprint density at radius 3 is 2.43 bits per heavy atom. The van der Waals surface area contributed by atoms with Gasteiger partial charge in [0.25, 0.3) is 0 Å². The van der Waals surface area contributed by atoms with E-state index < -0.39 is 0 Å². The summed E-state index contributed by atoms with van der Waals surface area (Å²) in [5, 5.41) is 6.31. The monoisotopic (exact) mass is 281 g/mol. The van der Waals surface area contributed by atoms with Gasteiger partial charge in [0.05, 0.1) is 5.69 Å². The average Bonchev–Trinajstić information content (AvgIpc) is 2.79. The van der Waals surface area contributed by atoms with E-state index in [0.717, 1.165) is 22.7 Å². The molecule has 5 heteroatoms. The van der Waals surface area contributed by atoms with Gasteiger partial charge in [-0.1, -0.05) is 12.1 Å². The van der Waals surface area contributed by atoms with E-state index in [2.05, 4.69) is 10.2 Å². The number of benzene rings is 2. The highest BCUT2D eigenvalue weighted by molar-refractivity contribution is 5.40. The van der Waals surface area contributed by atoms with Crippen molar-refractivity contribution in [3.05, 3.63) is 70.4 Å². The first-order valence-corrected chi connectivity index (χ1v) is 6.62. The molecule has 0 amide bonds. The Labute approximate surface area is 121 Å². The molecule has 1 heterocycles. The highest BCUT2D eigenvalue weighted by Gasteiger charge is 2.06. The molecule has 1 N–H and O–H groups in total. The van der Waals surface area contributed by atoms with E-state index in [9.17, 15) is 4.79 Å². The van der Waals surface area contributed by atoms with Crippen molar-refractivity contribution in [3.8, 4) is 17.2 Å². The first-order valence-electron chi connectivity index (χ1n) is 6.62. The van der Waals surface area contributed by atoms with E-state index in [0.29, 0.717) is 5.82 Å². The molecule has 0 spiro atoms. The molecule has 0 unspecified atom stereocenters. The van der Waals surface area contributed by atoms with Crippen LogP contribution in [0.3, 0.4) is 0 Å². The molecule has 0 aliphatic carbocycles. The zero-order chi connectivity index (χ0) is 14.8. The number of nitrogens with zero attached hydrogens (tertiary/aromatic N) is 2. The van der Waals surface area contributed by atoms with Crippen LogP contribution >= 0.6 is 0 Å². The van der Waals surface area contributed by atoms with Crippen molar-refractivity contribution >= 4 is 0 Å². The summed E-state index contributed by atoms with van der Waals surface area (Å²) in [6.45, 7) is 3.79. The Kier molecular flexibility index (Phi) is 3.31. The van der Waals surface area contributed by atoms with Crippen LogP contribution in [0.4, 0.5) is 0 Å². The zero-order valence-electron chi connectivity index (χ0n) is 11.8. The van der Waals surface area contributed by atoms with Gasteiger partial charge in [-0.05, 0) is 55.8 Å². The van der Waals surface area contributed by atoms with Crippen molar-refractivity contribution < 1.29 is 4.74 Å². The Balaban J connectivity index is 1.86. The smallest absolute Gasteiger partial charge is 0.347 e. The highest BCUT2D eigenvalue weighted by atomic mass is 16.5. The molecule has 1 aromatic heterocycles. The summed E-state index contributed by atoms with van der Waals surface area (Å²) in [7, 11) is 0. The van der Waals surface area contributed by atoms with Gasteiger partial charge in [0.2, 0.25) is 0 Å². The van der Waals surface area contributed by atoms with Crippen molar-refractivity contribution in [2.45, 2.75) is 13.8 Å². The van der Waals surface area contributed by atoms with Gasteiger partial charge in [0.15, 0.2) is 0 Å². The minimum Gasteiger partial charge on any atom is -0.457 e. The minimum atomic E-state index is -0.250. The lowest BCUT2D eigenvalue weighted by Crippen LogP contribution is -2.15. The number of hydrogen-bond acceptors (Lipinski definition) is 3. The van der Waals surface area contributed by atoms with Gasteiger partial charge in [-0.2, -0.15) is 5.10 Å². The maximum absolute atomic E-state index is 11.7. The van der Waals surface area contributed by atoms with E-state index in [-0.39, 0.29) is 5.69 Å². The number of hydrogen-bond donors (Lipinski definition) is 1. The fourth-order valence-corrected chi connectivity index (χ4v) is 2.16. The Hall–Kier alpha value is -2.82. The van der Waals surface area contributed by atoms with Crippen LogP contribution in [0.25, 0.3) is 5.69 Å². The summed E-state index contributed by atoms with van der Waals surface area (Å²) in [6, 6.07) is 15.2. The normalized spacial score (nSPS) is 10.6. The molecule has 3 rings (SSSR count). The predicted octanol–water partition coefficient (Wildman–Crippen LogP) is 2.97. The molecular weight excluding hydrogens is 266 g/mol. The van der Waals surface area contributed by atoms with Crippen LogP contribution in [0, 0.1) is 13.8 Å². The van der Waals surface area contributed by atoms with Crippen molar-refractivity contribution in [3.63, 3.8) is 0 Å². The van der Waals surface area contributed by atoms with E-state index in [1.807, 2.05) is 55.5 Å². The van der Waals surface area contributed by atoms with Gasteiger partial charge in [-0.3, -0.25) is 0 Å². The fraction of sp³-hybridized carbons (Fsp3) is 0.125. The van der Waals surface area contributed by atoms with Crippen LogP contribution in [0.15, 0.2) is 53.3 Å². The number of rotatable bonds is 3. The summed E-state index contributed by atoms with van der Waals surface area (Å²) in [5.74, 6) is 2.13. The largest absolute Gasteiger partial charge is 0.457 e. The molecule has 0 aliphatic heterocycles. The van der Waals surface area contributed by atoms with Crippen LogP contribution in [0.2, 0.25) is 0 Å². The van der Waals surface area contributed by atoms with Gasteiger partial charge in [0.1, 0.15) is 17.3 Å². The average molecular weight is 281 g/mol. The molecule has 21 heavy (non-hydrogen) atoms. The number of aromatic nitrogens is 3. The summed E-state index contributed by atoms with van der Waals surface area (Å²) in [4.78, 5) is 11.7. The van der Waals surface area contributed by atoms with Crippen molar-refractivity contribution in [2.24, 2.45) is 0 Å². The molecule has 0 radical (unpaired) electrons. The third-order valence-corrected chi connectivity index (χ3v) is 3.16. The molecule has 5 nitrogen and oxygen atoms in total. The SMILES string of the molecule is Cc1cccc(Oc2ccc(-n3c(C)n[nH]c3=O)cc2)c1. The van der Waals surface area contributed by atoms with Gasteiger partial charge in [0, 0.05) is 0 Å². The molecule has 106 valence electrons. The van der Waals surface area contributed by atoms with Gasteiger partial charge in [-0.15, -0.1) is 0 Å². The Bertz CT molecular complexity index is 816. The summed E-state index contributed by atoms with van der Waals surface area (Å²) in [5.41, 5.74) is 1.65. The highest BCUT2D eigenvalue weighted by Crippen LogP contribution is 2.23. The van der Waals surface area contributed by atoms with E-state index in [1.165, 1.54) is 4.57 Å². The van der Waals surface area contributed by atoms with Crippen LogP contribution in [0.1, 0.15) is 11.4 Å². The number of nitrogens with one attached hydrogen (secondary N) is 1. The Morgan fingerprint density at radius 2 is 1.81 bits per heavy atom. The molecule has 0 bridgehead atoms. The predicted molar refractivity (Wildman–Crippen MR) is 80.2 cm³/mol. The summed E-state index contributed by atoms with van der Waals surface area (Å²) < 4.78 is 7.29. The standard InChI is InChI=1S/C16H15N3O2/c1-11-4-3-5-15(10-11)21-14-8-6-13(7-9-14)19-12(2)17-18-16(19)20/h3-10H,1-2H3,(H,18,20). The maximum Gasteiger partial charge on any atom is 0.347 e. The molecular formula is C16H15N3O2. The maximum atomic E-state index is 11.7.